The molecule has 29 heavy (non-hydrogen) atoms. The number of rotatable bonds is 5. The number of aliphatic hydroxyl groups is 1. The molecule has 0 saturated carbocycles. The SMILES string of the molecule is OC1(Cc2ccc(-c3ccccc3)cc2)CC2CCC(C1)N2Cc1ccccc1. The van der Waals surface area contributed by atoms with Crippen molar-refractivity contribution in [2.45, 2.75) is 56.3 Å². The standard InChI is InChI=1S/C27H29NO/c29-27(17-21-11-13-24(14-12-21)23-9-5-2-6-10-23)18-25-15-16-26(19-27)28(25)20-22-7-3-1-4-8-22/h1-14,25-26,29H,15-20H2. The highest BCUT2D eigenvalue weighted by atomic mass is 16.3. The van der Waals surface area contributed by atoms with Gasteiger partial charge in [-0.1, -0.05) is 84.9 Å². The Kier molecular flexibility index (Phi) is 4.99. The molecule has 5 rings (SSSR count). The van der Waals surface area contributed by atoms with Crippen LogP contribution in [0.5, 0.6) is 0 Å². The Morgan fingerprint density at radius 1 is 0.690 bits per heavy atom. The lowest BCUT2D eigenvalue weighted by Crippen LogP contribution is -2.51. The largest absolute Gasteiger partial charge is 0.389 e. The van der Waals surface area contributed by atoms with Gasteiger partial charge < -0.3 is 5.11 Å². The van der Waals surface area contributed by atoms with Crippen LogP contribution in [0.4, 0.5) is 0 Å². The zero-order valence-electron chi connectivity index (χ0n) is 16.9. The summed E-state index contributed by atoms with van der Waals surface area (Å²) in [6, 6.07) is 31.0. The van der Waals surface area contributed by atoms with Gasteiger partial charge in [0.15, 0.2) is 0 Å². The Hall–Kier alpha value is -2.42. The number of hydrogen-bond acceptors (Lipinski definition) is 2. The highest BCUT2D eigenvalue weighted by Crippen LogP contribution is 2.43. The molecule has 2 aliphatic heterocycles. The average Bonchev–Trinajstić information content (AvgIpc) is 3.00. The van der Waals surface area contributed by atoms with Crippen LogP contribution in [0.1, 0.15) is 36.8 Å². The number of benzene rings is 3. The summed E-state index contributed by atoms with van der Waals surface area (Å²) in [5.74, 6) is 0. The second-order valence-corrected chi connectivity index (χ2v) is 8.92. The van der Waals surface area contributed by atoms with E-state index in [9.17, 15) is 5.11 Å². The zero-order chi connectivity index (χ0) is 19.7. The van der Waals surface area contributed by atoms with Crippen molar-refractivity contribution in [3.05, 3.63) is 96.1 Å². The summed E-state index contributed by atoms with van der Waals surface area (Å²) in [4.78, 5) is 2.64. The summed E-state index contributed by atoms with van der Waals surface area (Å²) in [6.07, 6.45) is 4.96. The van der Waals surface area contributed by atoms with Gasteiger partial charge in [-0.3, -0.25) is 4.90 Å². The van der Waals surface area contributed by atoms with E-state index in [4.69, 9.17) is 0 Å². The van der Waals surface area contributed by atoms with E-state index in [1.807, 2.05) is 6.07 Å². The molecule has 2 aliphatic rings. The van der Waals surface area contributed by atoms with Crippen LogP contribution < -0.4 is 0 Å². The smallest absolute Gasteiger partial charge is 0.0717 e. The predicted molar refractivity (Wildman–Crippen MR) is 119 cm³/mol. The van der Waals surface area contributed by atoms with Gasteiger partial charge in [0.2, 0.25) is 0 Å². The molecule has 0 radical (unpaired) electrons. The first-order chi connectivity index (χ1) is 14.2. The normalized spacial score (nSPS) is 26.5. The molecule has 0 spiro atoms. The average molecular weight is 384 g/mol. The van der Waals surface area contributed by atoms with E-state index in [2.05, 4.69) is 83.8 Å². The van der Waals surface area contributed by atoms with Crippen LogP contribution in [0.15, 0.2) is 84.9 Å². The van der Waals surface area contributed by atoms with E-state index in [0.717, 1.165) is 25.8 Å². The van der Waals surface area contributed by atoms with Crippen molar-refractivity contribution in [3.8, 4) is 11.1 Å². The van der Waals surface area contributed by atoms with Crippen LogP contribution in [0.3, 0.4) is 0 Å². The minimum Gasteiger partial charge on any atom is -0.389 e. The summed E-state index contributed by atoms with van der Waals surface area (Å²) in [7, 11) is 0. The molecular weight excluding hydrogens is 354 g/mol. The molecule has 2 fully saturated rings. The van der Waals surface area contributed by atoms with Crippen molar-refractivity contribution >= 4 is 0 Å². The topological polar surface area (TPSA) is 23.5 Å². The van der Waals surface area contributed by atoms with E-state index in [-0.39, 0.29) is 0 Å². The van der Waals surface area contributed by atoms with Gasteiger partial charge in [0.1, 0.15) is 0 Å². The number of nitrogens with zero attached hydrogens (tertiary/aromatic N) is 1. The van der Waals surface area contributed by atoms with Gasteiger partial charge in [0.05, 0.1) is 5.60 Å². The van der Waals surface area contributed by atoms with Gasteiger partial charge in [0.25, 0.3) is 0 Å². The number of hydrogen-bond donors (Lipinski definition) is 1. The first-order valence-corrected chi connectivity index (χ1v) is 10.8. The summed E-state index contributed by atoms with van der Waals surface area (Å²) < 4.78 is 0. The molecule has 2 unspecified atom stereocenters. The molecular formula is C27H29NO. The second kappa shape index (κ2) is 7.78. The molecule has 2 heterocycles. The molecule has 2 heteroatoms. The van der Waals surface area contributed by atoms with Crippen molar-refractivity contribution in [1.29, 1.82) is 0 Å². The first-order valence-electron chi connectivity index (χ1n) is 10.8. The van der Waals surface area contributed by atoms with Crippen LogP contribution in [0.2, 0.25) is 0 Å². The van der Waals surface area contributed by atoms with Gasteiger partial charge in [0, 0.05) is 25.0 Å². The molecule has 2 bridgehead atoms. The van der Waals surface area contributed by atoms with E-state index in [1.54, 1.807) is 0 Å². The van der Waals surface area contributed by atoms with E-state index in [1.165, 1.54) is 35.1 Å². The number of fused-ring (bicyclic) bond motifs is 2. The quantitative estimate of drug-likeness (QED) is 0.633. The molecule has 3 aromatic carbocycles. The monoisotopic (exact) mass is 383 g/mol. The number of piperidine rings is 1. The van der Waals surface area contributed by atoms with Gasteiger partial charge >= 0.3 is 0 Å². The van der Waals surface area contributed by atoms with Crippen molar-refractivity contribution in [1.82, 2.24) is 4.90 Å². The Bertz CT molecular complexity index is 921. The van der Waals surface area contributed by atoms with Gasteiger partial charge in [-0.25, -0.2) is 0 Å². The molecule has 0 aliphatic carbocycles. The van der Waals surface area contributed by atoms with Gasteiger partial charge in [-0.15, -0.1) is 0 Å². The third-order valence-corrected chi connectivity index (χ3v) is 6.80. The van der Waals surface area contributed by atoms with Crippen LogP contribution in [-0.2, 0) is 13.0 Å². The molecule has 1 N–H and O–H groups in total. The minimum atomic E-state index is -0.576. The molecule has 0 amide bonds. The van der Waals surface area contributed by atoms with Gasteiger partial charge in [-0.2, -0.15) is 0 Å². The predicted octanol–water partition coefficient (Wildman–Crippen LogP) is 5.45. The lowest BCUT2D eigenvalue weighted by Gasteiger charge is -2.44. The van der Waals surface area contributed by atoms with Crippen molar-refractivity contribution in [2.75, 3.05) is 0 Å². The van der Waals surface area contributed by atoms with Crippen LogP contribution in [0.25, 0.3) is 11.1 Å². The molecule has 3 aromatic rings. The van der Waals surface area contributed by atoms with E-state index < -0.39 is 5.60 Å². The zero-order valence-corrected chi connectivity index (χ0v) is 16.9. The third kappa shape index (κ3) is 4.01. The van der Waals surface area contributed by atoms with Crippen molar-refractivity contribution in [2.24, 2.45) is 0 Å². The van der Waals surface area contributed by atoms with E-state index >= 15 is 0 Å². The maximum absolute atomic E-state index is 11.4. The Labute approximate surface area is 173 Å². The lowest BCUT2D eigenvalue weighted by molar-refractivity contribution is -0.0540. The highest BCUT2D eigenvalue weighted by Gasteiger charge is 2.47. The van der Waals surface area contributed by atoms with Crippen LogP contribution in [-0.4, -0.2) is 27.7 Å². The minimum absolute atomic E-state index is 0.502. The lowest BCUT2D eigenvalue weighted by atomic mass is 9.81. The van der Waals surface area contributed by atoms with Gasteiger partial charge in [-0.05, 0) is 47.9 Å². The Balaban J connectivity index is 1.27. The van der Waals surface area contributed by atoms with Crippen LogP contribution in [0, 0.1) is 0 Å². The third-order valence-electron chi connectivity index (χ3n) is 6.80. The summed E-state index contributed by atoms with van der Waals surface area (Å²) >= 11 is 0. The molecule has 2 atom stereocenters. The Morgan fingerprint density at radius 2 is 1.24 bits per heavy atom. The fourth-order valence-electron chi connectivity index (χ4n) is 5.44. The molecule has 2 saturated heterocycles. The first kappa shape index (κ1) is 18.6. The highest BCUT2D eigenvalue weighted by molar-refractivity contribution is 5.63. The Morgan fingerprint density at radius 3 is 1.86 bits per heavy atom. The maximum atomic E-state index is 11.4. The summed E-state index contributed by atoms with van der Waals surface area (Å²) in [5.41, 5.74) is 4.52. The summed E-state index contributed by atoms with van der Waals surface area (Å²) in [5, 5.41) is 11.4. The van der Waals surface area contributed by atoms with Crippen molar-refractivity contribution in [3.63, 3.8) is 0 Å². The molecule has 148 valence electrons. The van der Waals surface area contributed by atoms with Crippen molar-refractivity contribution < 1.29 is 5.11 Å². The van der Waals surface area contributed by atoms with Crippen LogP contribution >= 0.6 is 0 Å². The fraction of sp³-hybridized carbons (Fsp3) is 0.333. The summed E-state index contributed by atoms with van der Waals surface area (Å²) in [6.45, 7) is 1.01. The maximum Gasteiger partial charge on any atom is 0.0717 e. The van der Waals surface area contributed by atoms with E-state index in [0.29, 0.717) is 12.1 Å². The second-order valence-electron chi connectivity index (χ2n) is 8.92. The molecule has 2 nitrogen and oxygen atoms in total. The fourth-order valence-corrected chi connectivity index (χ4v) is 5.44. The molecule has 0 aromatic heterocycles.